The van der Waals surface area contributed by atoms with Crippen molar-refractivity contribution in [3.05, 3.63) is 12.7 Å². The first-order valence-corrected chi connectivity index (χ1v) is 4.31. The lowest BCUT2D eigenvalue weighted by Crippen LogP contribution is -1.47. The lowest BCUT2D eigenvalue weighted by atomic mass is 10.4. The number of hydrogen-bond acceptors (Lipinski definition) is 0. The van der Waals surface area contributed by atoms with Crippen molar-refractivity contribution in [2.24, 2.45) is 0 Å². The first-order valence-electron chi connectivity index (χ1n) is 4.31. The third-order valence-electron chi connectivity index (χ3n) is 0.500. The standard InChI is InChI=1S/C4H10.C3H8.C3H6/c1-3-4-2;2*1-3-2/h3-4H2,1-2H3;3H2,1-2H3;3H,1H2,2H3. The molecule has 0 bridgehead atoms. The molecule has 0 aromatic carbocycles. The summed E-state index contributed by atoms with van der Waals surface area (Å²) in [5, 5.41) is 0. The third kappa shape index (κ3) is 642. The number of unbranched alkanes of at least 4 members (excludes halogenated alkanes) is 1. The van der Waals surface area contributed by atoms with E-state index in [1.165, 1.54) is 19.3 Å². The SMILES string of the molecule is C=CC.CCC.CCCC. The Morgan fingerprint density at radius 2 is 1.10 bits per heavy atom. The number of hydrogen-bond donors (Lipinski definition) is 0. The molecule has 64 valence electrons. The zero-order valence-corrected chi connectivity index (χ0v) is 8.41. The summed E-state index contributed by atoms with van der Waals surface area (Å²) in [5.41, 5.74) is 0. The number of rotatable bonds is 1. The van der Waals surface area contributed by atoms with E-state index >= 15 is 0 Å². The molecule has 0 aliphatic carbocycles. The molecule has 0 aromatic heterocycles. The molecule has 0 heterocycles. The van der Waals surface area contributed by atoms with Gasteiger partial charge < -0.3 is 0 Å². The molecule has 0 N–H and O–H groups in total. The first kappa shape index (κ1) is 16.4. The molecule has 0 radical (unpaired) electrons. The van der Waals surface area contributed by atoms with Gasteiger partial charge in [0.2, 0.25) is 0 Å². The van der Waals surface area contributed by atoms with Crippen LogP contribution < -0.4 is 0 Å². The second-order valence-electron chi connectivity index (χ2n) is 2.12. The average Bonchev–Trinajstić information content (AvgIpc) is 1.91. The molecule has 0 aromatic rings. The van der Waals surface area contributed by atoms with E-state index in [-0.39, 0.29) is 0 Å². The largest absolute Gasteiger partial charge is 0.103 e. The first-order chi connectivity index (χ1) is 4.74. The van der Waals surface area contributed by atoms with Gasteiger partial charge in [-0.1, -0.05) is 53.0 Å². The molecule has 0 fully saturated rings. The van der Waals surface area contributed by atoms with Crippen LogP contribution in [0.2, 0.25) is 0 Å². The summed E-state index contributed by atoms with van der Waals surface area (Å²) >= 11 is 0. The van der Waals surface area contributed by atoms with Crippen LogP contribution in [0, 0.1) is 0 Å². The van der Waals surface area contributed by atoms with Gasteiger partial charge in [-0.3, -0.25) is 0 Å². The highest BCUT2D eigenvalue weighted by molar-refractivity contribution is 4.51. The fourth-order valence-corrected chi connectivity index (χ4v) is 0. The highest BCUT2D eigenvalue weighted by Gasteiger charge is 1.56. The molecule has 0 saturated heterocycles. The van der Waals surface area contributed by atoms with Crippen LogP contribution in [0.3, 0.4) is 0 Å². The van der Waals surface area contributed by atoms with Gasteiger partial charge in [0.25, 0.3) is 0 Å². The van der Waals surface area contributed by atoms with E-state index in [0.29, 0.717) is 0 Å². The highest BCUT2D eigenvalue weighted by Crippen LogP contribution is 1.76. The minimum Gasteiger partial charge on any atom is -0.103 e. The summed E-state index contributed by atoms with van der Waals surface area (Å²) in [5.74, 6) is 0. The molecule has 0 rings (SSSR count). The Balaban J connectivity index is -0.0000000750. The fraction of sp³-hybridized carbons (Fsp3) is 0.800. The Kier molecular flexibility index (Phi) is 61.3. The van der Waals surface area contributed by atoms with Gasteiger partial charge in [0.15, 0.2) is 0 Å². The van der Waals surface area contributed by atoms with E-state index in [0.717, 1.165) is 0 Å². The maximum Gasteiger partial charge on any atom is -0.0473 e. The maximum atomic E-state index is 3.36. The highest BCUT2D eigenvalue weighted by atomic mass is 13.6. The van der Waals surface area contributed by atoms with E-state index in [1.54, 1.807) is 6.08 Å². The van der Waals surface area contributed by atoms with Crippen molar-refractivity contribution >= 4 is 0 Å². The van der Waals surface area contributed by atoms with Gasteiger partial charge >= 0.3 is 0 Å². The monoisotopic (exact) mass is 144 g/mol. The minimum absolute atomic E-state index is 1.25. The van der Waals surface area contributed by atoms with Crippen LogP contribution in [0.15, 0.2) is 12.7 Å². The van der Waals surface area contributed by atoms with Crippen LogP contribution in [0.4, 0.5) is 0 Å². The molecule has 10 heavy (non-hydrogen) atoms. The van der Waals surface area contributed by atoms with Gasteiger partial charge in [0, 0.05) is 0 Å². The van der Waals surface area contributed by atoms with E-state index in [9.17, 15) is 0 Å². The Hall–Kier alpha value is -0.260. The van der Waals surface area contributed by atoms with Gasteiger partial charge in [-0.2, -0.15) is 0 Å². The van der Waals surface area contributed by atoms with Gasteiger partial charge in [0.05, 0.1) is 0 Å². The lowest BCUT2D eigenvalue weighted by molar-refractivity contribution is 0.886. The summed E-state index contributed by atoms with van der Waals surface area (Å²) in [6.45, 7) is 13.9. The topological polar surface area (TPSA) is 0 Å². The van der Waals surface area contributed by atoms with E-state index < -0.39 is 0 Å². The predicted octanol–water partition coefficient (Wildman–Crippen LogP) is 4.42. The van der Waals surface area contributed by atoms with Crippen molar-refractivity contribution in [3.63, 3.8) is 0 Å². The normalized spacial score (nSPS) is 6.10. The Morgan fingerprint density at radius 3 is 1.10 bits per heavy atom. The molecule has 0 spiro atoms. The fourth-order valence-electron chi connectivity index (χ4n) is 0. The smallest absolute Gasteiger partial charge is 0.0473 e. The Labute approximate surface area is 67.3 Å². The van der Waals surface area contributed by atoms with Crippen LogP contribution in [0.1, 0.15) is 53.9 Å². The van der Waals surface area contributed by atoms with Crippen molar-refractivity contribution in [1.29, 1.82) is 0 Å². The summed E-state index contributed by atoms with van der Waals surface area (Å²) in [6.07, 6.45) is 5.64. The molecule has 0 nitrogen and oxygen atoms in total. The quantitative estimate of drug-likeness (QED) is 0.478. The van der Waals surface area contributed by atoms with Crippen molar-refractivity contribution in [1.82, 2.24) is 0 Å². The van der Waals surface area contributed by atoms with Gasteiger partial charge in [-0.15, -0.1) is 6.58 Å². The van der Waals surface area contributed by atoms with Crippen LogP contribution in [0.25, 0.3) is 0 Å². The van der Waals surface area contributed by atoms with Crippen molar-refractivity contribution < 1.29 is 0 Å². The van der Waals surface area contributed by atoms with E-state index in [1.807, 2.05) is 6.92 Å². The predicted molar refractivity (Wildman–Crippen MR) is 52.4 cm³/mol. The van der Waals surface area contributed by atoms with Crippen LogP contribution in [0.5, 0.6) is 0 Å². The van der Waals surface area contributed by atoms with Gasteiger partial charge in [-0.05, 0) is 6.92 Å². The molecular formula is C10H24. The Bertz CT molecular complexity index is 27.0. The molecule has 0 heteroatoms. The van der Waals surface area contributed by atoms with Crippen molar-refractivity contribution in [2.45, 2.75) is 53.9 Å². The zero-order chi connectivity index (χ0) is 8.83. The average molecular weight is 144 g/mol. The zero-order valence-electron chi connectivity index (χ0n) is 8.41. The van der Waals surface area contributed by atoms with E-state index in [4.69, 9.17) is 0 Å². The van der Waals surface area contributed by atoms with Crippen LogP contribution in [-0.4, -0.2) is 0 Å². The van der Waals surface area contributed by atoms with Gasteiger partial charge in [-0.25, -0.2) is 0 Å². The third-order valence-corrected chi connectivity index (χ3v) is 0.500. The maximum absolute atomic E-state index is 3.36. The van der Waals surface area contributed by atoms with Crippen LogP contribution >= 0.6 is 0 Å². The molecule has 0 amide bonds. The Morgan fingerprint density at radius 1 is 1.00 bits per heavy atom. The molecule has 0 atom stereocenters. The summed E-state index contributed by atoms with van der Waals surface area (Å²) < 4.78 is 0. The molecular weight excluding hydrogens is 120 g/mol. The second kappa shape index (κ2) is 37.4. The number of allylic oxidation sites excluding steroid dienone is 1. The molecule has 0 unspecified atom stereocenters. The van der Waals surface area contributed by atoms with Crippen molar-refractivity contribution in [3.8, 4) is 0 Å². The van der Waals surface area contributed by atoms with Gasteiger partial charge in [0.1, 0.15) is 0 Å². The molecule has 0 aliphatic heterocycles. The summed E-state index contributed by atoms with van der Waals surface area (Å²) in [7, 11) is 0. The summed E-state index contributed by atoms with van der Waals surface area (Å²) in [4.78, 5) is 0. The van der Waals surface area contributed by atoms with E-state index in [2.05, 4.69) is 34.3 Å². The minimum atomic E-state index is 1.25. The molecule has 0 saturated carbocycles. The van der Waals surface area contributed by atoms with Crippen LogP contribution in [-0.2, 0) is 0 Å². The van der Waals surface area contributed by atoms with Crippen molar-refractivity contribution in [2.75, 3.05) is 0 Å². The lowest BCUT2D eigenvalue weighted by Gasteiger charge is -1.68. The molecule has 0 aliphatic rings. The summed E-state index contributed by atoms with van der Waals surface area (Å²) in [6, 6.07) is 0. The second-order valence-corrected chi connectivity index (χ2v) is 2.12.